The molecular weight excluding hydrogens is 554 g/mol. The highest BCUT2D eigenvalue weighted by Crippen LogP contribution is 2.14. The first-order valence-electron chi connectivity index (χ1n) is 14.9. The number of benzene rings is 1. The van der Waals surface area contributed by atoms with E-state index in [-0.39, 0.29) is 32.1 Å². The average molecular weight is 608 g/mol. The third kappa shape index (κ3) is 20.2. The van der Waals surface area contributed by atoms with Gasteiger partial charge in [0.05, 0.1) is 18.2 Å². The highest BCUT2D eigenvalue weighted by molar-refractivity contribution is 5.84. The van der Waals surface area contributed by atoms with Crippen LogP contribution in [0.1, 0.15) is 100.0 Å². The molecular formula is C32H53N3O8. The van der Waals surface area contributed by atoms with E-state index in [1.54, 1.807) is 41.5 Å². The molecule has 0 aliphatic rings. The van der Waals surface area contributed by atoms with Crippen LogP contribution in [0.3, 0.4) is 0 Å². The Balaban J connectivity index is 2.68. The molecule has 3 N–H and O–H groups in total. The molecule has 244 valence electrons. The molecule has 0 unspecified atom stereocenters. The summed E-state index contributed by atoms with van der Waals surface area (Å²) in [4.78, 5) is 50.2. The van der Waals surface area contributed by atoms with Crippen LogP contribution in [0.4, 0.5) is 9.59 Å². The summed E-state index contributed by atoms with van der Waals surface area (Å²) >= 11 is 0. The van der Waals surface area contributed by atoms with Crippen LogP contribution < -0.4 is 16.0 Å². The lowest BCUT2D eigenvalue weighted by atomic mass is 10.1. The van der Waals surface area contributed by atoms with Gasteiger partial charge in [-0.25, -0.2) is 14.4 Å². The second-order valence-electron chi connectivity index (χ2n) is 13.4. The Morgan fingerprint density at radius 2 is 1.40 bits per heavy atom. The molecule has 0 aromatic heterocycles. The highest BCUT2D eigenvalue weighted by Gasteiger charge is 2.29. The predicted octanol–water partition coefficient (Wildman–Crippen LogP) is 5.40. The number of carbonyl (C=O) groups excluding carboxylic acids is 4. The molecule has 0 spiro atoms. The normalized spacial score (nSPS) is 13.3. The number of nitrogens with one attached hydrogen (secondary N) is 3. The lowest BCUT2D eigenvalue weighted by Crippen LogP contribution is -2.51. The van der Waals surface area contributed by atoms with Crippen molar-refractivity contribution in [1.29, 1.82) is 0 Å². The molecule has 0 saturated carbocycles. The van der Waals surface area contributed by atoms with Crippen LogP contribution in [-0.4, -0.2) is 66.1 Å². The molecule has 0 fully saturated rings. The zero-order valence-corrected chi connectivity index (χ0v) is 27.5. The molecule has 0 bridgehead atoms. The summed E-state index contributed by atoms with van der Waals surface area (Å²) in [6, 6.07) is 7.42. The Morgan fingerprint density at radius 1 is 0.767 bits per heavy atom. The fourth-order valence-corrected chi connectivity index (χ4v) is 3.69. The standard InChI is InChI=1S/C32H53N3O8/c1-30(2,3)41-22-24(17-13-14-20-33-29(39)40-21-23-15-11-10-12-16-23)34-28(38)35-25(27(37)43-32(7,8)9)18-19-26(36)42-31(4,5)6/h10-12,15-16,24-25H,13-14,17-22H2,1-9H3,(H,33,39)(H2,34,35,38)/t24-,25-/m0/s1. The van der Waals surface area contributed by atoms with Crippen molar-refractivity contribution in [1.82, 2.24) is 16.0 Å². The van der Waals surface area contributed by atoms with Crippen LogP contribution in [0.2, 0.25) is 0 Å². The van der Waals surface area contributed by atoms with Crippen LogP contribution in [0.25, 0.3) is 0 Å². The summed E-state index contributed by atoms with van der Waals surface area (Å²) in [7, 11) is 0. The van der Waals surface area contributed by atoms with E-state index in [0.717, 1.165) is 5.56 Å². The van der Waals surface area contributed by atoms with E-state index in [2.05, 4.69) is 16.0 Å². The quantitative estimate of drug-likeness (QED) is 0.137. The molecule has 2 atom stereocenters. The lowest BCUT2D eigenvalue weighted by molar-refractivity contribution is -0.158. The van der Waals surface area contributed by atoms with E-state index >= 15 is 0 Å². The molecule has 1 rings (SSSR count). The zero-order chi connectivity index (χ0) is 32.7. The molecule has 11 nitrogen and oxygen atoms in total. The van der Waals surface area contributed by atoms with Gasteiger partial charge in [0.15, 0.2) is 0 Å². The van der Waals surface area contributed by atoms with Crippen molar-refractivity contribution in [2.45, 2.75) is 130 Å². The topological polar surface area (TPSA) is 141 Å². The molecule has 3 amide bonds. The minimum atomic E-state index is -1.05. The van der Waals surface area contributed by atoms with Crippen LogP contribution in [0, 0.1) is 0 Å². The summed E-state index contributed by atoms with van der Waals surface area (Å²) in [5, 5.41) is 8.30. The summed E-state index contributed by atoms with van der Waals surface area (Å²) in [6.45, 7) is 17.1. The molecule has 0 heterocycles. The number of rotatable bonds is 15. The van der Waals surface area contributed by atoms with E-state index in [9.17, 15) is 19.2 Å². The maximum Gasteiger partial charge on any atom is 0.407 e. The van der Waals surface area contributed by atoms with Gasteiger partial charge in [0, 0.05) is 13.0 Å². The van der Waals surface area contributed by atoms with Gasteiger partial charge in [-0.3, -0.25) is 4.79 Å². The minimum Gasteiger partial charge on any atom is -0.460 e. The molecule has 1 aromatic carbocycles. The van der Waals surface area contributed by atoms with Crippen molar-refractivity contribution >= 4 is 24.1 Å². The van der Waals surface area contributed by atoms with Gasteiger partial charge in [-0.2, -0.15) is 0 Å². The van der Waals surface area contributed by atoms with Crippen LogP contribution in [-0.2, 0) is 35.1 Å². The first-order chi connectivity index (χ1) is 19.8. The number of esters is 2. The molecule has 0 aliphatic carbocycles. The molecule has 0 saturated heterocycles. The Kier molecular flexibility index (Phi) is 15.5. The van der Waals surface area contributed by atoms with Crippen molar-refractivity contribution in [3.63, 3.8) is 0 Å². The molecule has 43 heavy (non-hydrogen) atoms. The number of hydrogen-bond donors (Lipinski definition) is 3. The van der Waals surface area contributed by atoms with Gasteiger partial charge in [0.2, 0.25) is 0 Å². The van der Waals surface area contributed by atoms with Crippen LogP contribution in [0.15, 0.2) is 30.3 Å². The number of amides is 3. The van der Waals surface area contributed by atoms with Crippen molar-refractivity contribution < 1.29 is 38.1 Å². The summed E-state index contributed by atoms with van der Waals surface area (Å²) < 4.78 is 22.0. The van der Waals surface area contributed by atoms with Crippen LogP contribution in [0.5, 0.6) is 0 Å². The Labute approximate surface area is 257 Å². The van der Waals surface area contributed by atoms with Gasteiger partial charge in [-0.05, 0) is 93.6 Å². The number of ether oxygens (including phenoxy) is 4. The third-order valence-electron chi connectivity index (χ3n) is 5.57. The lowest BCUT2D eigenvalue weighted by Gasteiger charge is -2.27. The first-order valence-corrected chi connectivity index (χ1v) is 14.9. The van der Waals surface area contributed by atoms with Crippen molar-refractivity contribution in [2.75, 3.05) is 13.2 Å². The Bertz CT molecular complexity index is 1010. The number of alkyl carbamates (subject to hydrolysis) is 1. The Hall–Kier alpha value is -3.34. The summed E-state index contributed by atoms with van der Waals surface area (Å²) in [5.74, 6) is -1.11. The monoisotopic (exact) mass is 607 g/mol. The molecule has 0 aliphatic heterocycles. The van der Waals surface area contributed by atoms with Gasteiger partial charge < -0.3 is 34.9 Å². The predicted molar refractivity (Wildman–Crippen MR) is 164 cm³/mol. The molecule has 1 aromatic rings. The van der Waals surface area contributed by atoms with Crippen molar-refractivity contribution in [3.05, 3.63) is 35.9 Å². The van der Waals surface area contributed by atoms with Gasteiger partial charge in [0.25, 0.3) is 0 Å². The number of urea groups is 1. The number of carbonyl (C=O) groups is 4. The largest absolute Gasteiger partial charge is 0.460 e. The van der Waals surface area contributed by atoms with Crippen LogP contribution >= 0.6 is 0 Å². The Morgan fingerprint density at radius 3 is 1.98 bits per heavy atom. The maximum atomic E-state index is 13.0. The van der Waals surface area contributed by atoms with Gasteiger partial charge >= 0.3 is 24.1 Å². The van der Waals surface area contributed by atoms with E-state index < -0.39 is 46.9 Å². The van der Waals surface area contributed by atoms with E-state index in [0.29, 0.717) is 25.8 Å². The fraction of sp³-hybridized carbons (Fsp3) is 0.688. The van der Waals surface area contributed by atoms with Gasteiger partial charge in [-0.15, -0.1) is 0 Å². The fourth-order valence-electron chi connectivity index (χ4n) is 3.69. The number of unbranched alkanes of at least 4 members (excludes halogenated alkanes) is 1. The second kappa shape index (κ2) is 17.7. The first kappa shape index (κ1) is 37.7. The van der Waals surface area contributed by atoms with Gasteiger partial charge in [0.1, 0.15) is 23.9 Å². The van der Waals surface area contributed by atoms with E-state index in [1.807, 2.05) is 51.1 Å². The minimum absolute atomic E-state index is 0.0203. The summed E-state index contributed by atoms with van der Waals surface area (Å²) in [5.41, 5.74) is -0.957. The smallest absolute Gasteiger partial charge is 0.407 e. The van der Waals surface area contributed by atoms with Crippen molar-refractivity contribution in [2.24, 2.45) is 0 Å². The highest BCUT2D eigenvalue weighted by atomic mass is 16.6. The van der Waals surface area contributed by atoms with E-state index in [1.165, 1.54) is 0 Å². The SMILES string of the molecule is CC(C)(C)OC[C@H](CCCCNC(=O)OCc1ccccc1)NC(=O)N[C@@H](CCC(=O)OC(C)(C)C)C(=O)OC(C)(C)C. The molecule has 0 radical (unpaired) electrons. The van der Waals surface area contributed by atoms with Gasteiger partial charge in [-0.1, -0.05) is 30.3 Å². The number of hydrogen-bond acceptors (Lipinski definition) is 8. The third-order valence-corrected chi connectivity index (χ3v) is 5.57. The molecule has 11 heteroatoms. The maximum absolute atomic E-state index is 13.0. The van der Waals surface area contributed by atoms with Crippen molar-refractivity contribution in [3.8, 4) is 0 Å². The zero-order valence-electron chi connectivity index (χ0n) is 27.5. The average Bonchev–Trinajstić information content (AvgIpc) is 2.86. The second-order valence-corrected chi connectivity index (χ2v) is 13.4. The van der Waals surface area contributed by atoms with E-state index in [4.69, 9.17) is 18.9 Å². The summed E-state index contributed by atoms with van der Waals surface area (Å²) in [6.07, 6.45) is 1.37.